The molecular weight excluding hydrogens is 162 g/mol. The first-order chi connectivity index (χ1) is 6.27. The van der Waals surface area contributed by atoms with Crippen molar-refractivity contribution in [3.63, 3.8) is 0 Å². The number of rotatable bonds is 2. The van der Waals surface area contributed by atoms with Crippen LogP contribution in [0.3, 0.4) is 0 Å². The molecule has 0 unspecified atom stereocenters. The van der Waals surface area contributed by atoms with Gasteiger partial charge in [0, 0.05) is 16.8 Å². The summed E-state index contributed by atoms with van der Waals surface area (Å²) in [6.07, 6.45) is 3.39. The van der Waals surface area contributed by atoms with Crippen molar-refractivity contribution in [1.82, 2.24) is 4.98 Å². The predicted octanol–water partition coefficient (Wildman–Crippen LogP) is 1.80. The van der Waals surface area contributed by atoms with Crippen molar-refractivity contribution in [3.05, 3.63) is 29.6 Å². The van der Waals surface area contributed by atoms with E-state index in [4.69, 9.17) is 0 Å². The van der Waals surface area contributed by atoms with E-state index >= 15 is 0 Å². The van der Waals surface area contributed by atoms with E-state index < -0.39 is 0 Å². The van der Waals surface area contributed by atoms with Crippen molar-refractivity contribution in [2.24, 2.45) is 0 Å². The second-order valence-electron chi connectivity index (χ2n) is 3.96. The lowest BCUT2D eigenvalue weighted by molar-refractivity contribution is 0.116. The van der Waals surface area contributed by atoms with Crippen LogP contribution in [0.2, 0.25) is 0 Å². The Labute approximate surface area is 78.6 Å². The highest BCUT2D eigenvalue weighted by molar-refractivity contribution is 5.22. The quantitative estimate of drug-likeness (QED) is 0.747. The molecule has 1 aliphatic carbocycles. The van der Waals surface area contributed by atoms with E-state index in [1.807, 2.05) is 25.1 Å². The topological polar surface area (TPSA) is 33.1 Å². The number of aryl methyl sites for hydroxylation is 1. The van der Waals surface area contributed by atoms with Gasteiger partial charge in [0.05, 0.1) is 6.61 Å². The number of aliphatic hydroxyl groups is 1. The third-order valence-electron chi connectivity index (χ3n) is 3.05. The van der Waals surface area contributed by atoms with Gasteiger partial charge in [-0.3, -0.25) is 4.98 Å². The molecule has 1 fully saturated rings. The molecule has 1 aromatic heterocycles. The minimum Gasteiger partial charge on any atom is -0.395 e. The van der Waals surface area contributed by atoms with E-state index in [9.17, 15) is 5.11 Å². The fourth-order valence-corrected chi connectivity index (χ4v) is 1.94. The number of hydrogen-bond acceptors (Lipinski definition) is 2. The van der Waals surface area contributed by atoms with Crippen LogP contribution in [-0.2, 0) is 5.41 Å². The standard InChI is InChI=1S/C11H15NO/c1-9-4-2-5-10(12-9)11(8-13)6-3-7-11/h2,4-5,13H,3,6-8H2,1H3. The molecule has 1 aromatic rings. The van der Waals surface area contributed by atoms with Gasteiger partial charge in [0.1, 0.15) is 0 Å². The minimum absolute atomic E-state index is 0.00792. The van der Waals surface area contributed by atoms with Gasteiger partial charge in [0.2, 0.25) is 0 Å². The Morgan fingerprint density at radius 1 is 1.46 bits per heavy atom. The average molecular weight is 177 g/mol. The lowest BCUT2D eigenvalue weighted by Crippen LogP contribution is -2.38. The molecule has 70 valence electrons. The van der Waals surface area contributed by atoms with Gasteiger partial charge in [-0.1, -0.05) is 12.5 Å². The molecule has 2 heteroatoms. The molecule has 0 amide bonds. The van der Waals surface area contributed by atoms with E-state index in [0.717, 1.165) is 24.2 Å². The fraction of sp³-hybridized carbons (Fsp3) is 0.545. The maximum Gasteiger partial charge on any atom is 0.0543 e. The van der Waals surface area contributed by atoms with Gasteiger partial charge in [-0.15, -0.1) is 0 Å². The highest BCUT2D eigenvalue weighted by Gasteiger charge is 2.39. The number of aromatic nitrogens is 1. The molecule has 0 aliphatic heterocycles. The van der Waals surface area contributed by atoms with Gasteiger partial charge in [-0.05, 0) is 31.9 Å². The van der Waals surface area contributed by atoms with Crippen molar-refractivity contribution in [1.29, 1.82) is 0 Å². The van der Waals surface area contributed by atoms with E-state index in [2.05, 4.69) is 4.98 Å². The third-order valence-corrected chi connectivity index (χ3v) is 3.05. The molecule has 1 N–H and O–H groups in total. The molecule has 2 rings (SSSR count). The lowest BCUT2D eigenvalue weighted by Gasteiger charge is -2.39. The normalized spacial score (nSPS) is 19.5. The molecule has 0 spiro atoms. The minimum atomic E-state index is -0.00792. The van der Waals surface area contributed by atoms with E-state index in [1.54, 1.807) is 0 Å². The molecule has 0 bridgehead atoms. The number of nitrogens with zero attached hydrogens (tertiary/aromatic N) is 1. The predicted molar refractivity (Wildman–Crippen MR) is 51.6 cm³/mol. The van der Waals surface area contributed by atoms with E-state index in [-0.39, 0.29) is 12.0 Å². The van der Waals surface area contributed by atoms with Crippen molar-refractivity contribution in [2.75, 3.05) is 6.61 Å². The molecule has 1 aliphatic rings. The Kier molecular flexibility index (Phi) is 2.08. The fourth-order valence-electron chi connectivity index (χ4n) is 1.94. The SMILES string of the molecule is Cc1cccc(C2(CO)CCC2)n1. The van der Waals surface area contributed by atoms with Crippen LogP contribution in [0.25, 0.3) is 0 Å². The Balaban J connectivity index is 2.33. The molecule has 0 aromatic carbocycles. The van der Waals surface area contributed by atoms with Crippen LogP contribution < -0.4 is 0 Å². The molecule has 0 saturated heterocycles. The van der Waals surface area contributed by atoms with Crippen molar-refractivity contribution >= 4 is 0 Å². The van der Waals surface area contributed by atoms with Crippen molar-refractivity contribution in [3.8, 4) is 0 Å². The Morgan fingerprint density at radius 2 is 2.23 bits per heavy atom. The van der Waals surface area contributed by atoms with Gasteiger partial charge >= 0.3 is 0 Å². The molecule has 2 nitrogen and oxygen atoms in total. The van der Waals surface area contributed by atoms with Crippen molar-refractivity contribution < 1.29 is 5.11 Å². The largest absolute Gasteiger partial charge is 0.395 e. The van der Waals surface area contributed by atoms with Crippen molar-refractivity contribution in [2.45, 2.75) is 31.6 Å². The van der Waals surface area contributed by atoms with Gasteiger partial charge in [-0.25, -0.2) is 0 Å². The summed E-state index contributed by atoms with van der Waals surface area (Å²) in [6, 6.07) is 6.04. The van der Waals surface area contributed by atoms with Crippen LogP contribution in [0.1, 0.15) is 30.7 Å². The lowest BCUT2D eigenvalue weighted by atomic mass is 9.67. The molecular formula is C11H15NO. The summed E-state index contributed by atoms with van der Waals surface area (Å²) in [5.41, 5.74) is 2.10. The van der Waals surface area contributed by atoms with Gasteiger partial charge < -0.3 is 5.11 Å². The van der Waals surface area contributed by atoms with E-state index in [1.165, 1.54) is 6.42 Å². The zero-order chi connectivity index (χ0) is 9.31. The number of hydrogen-bond donors (Lipinski definition) is 1. The number of pyridine rings is 1. The maximum atomic E-state index is 9.34. The molecule has 1 heterocycles. The zero-order valence-electron chi connectivity index (χ0n) is 7.95. The monoisotopic (exact) mass is 177 g/mol. The van der Waals surface area contributed by atoms with Crippen LogP contribution in [0.4, 0.5) is 0 Å². The average Bonchev–Trinajstić information content (AvgIpc) is 2.03. The first kappa shape index (κ1) is 8.70. The Hall–Kier alpha value is -0.890. The summed E-state index contributed by atoms with van der Waals surface area (Å²) in [5, 5.41) is 9.34. The molecule has 13 heavy (non-hydrogen) atoms. The Bertz CT molecular complexity index is 299. The second kappa shape index (κ2) is 3.11. The van der Waals surface area contributed by atoms with Gasteiger partial charge in [-0.2, -0.15) is 0 Å². The summed E-state index contributed by atoms with van der Waals surface area (Å²) in [5.74, 6) is 0. The van der Waals surface area contributed by atoms with Crippen LogP contribution in [0.15, 0.2) is 18.2 Å². The zero-order valence-corrected chi connectivity index (χ0v) is 7.95. The summed E-state index contributed by atoms with van der Waals surface area (Å²) < 4.78 is 0. The van der Waals surface area contributed by atoms with E-state index in [0.29, 0.717) is 0 Å². The summed E-state index contributed by atoms with van der Waals surface area (Å²) in [7, 11) is 0. The highest BCUT2D eigenvalue weighted by atomic mass is 16.3. The third kappa shape index (κ3) is 1.35. The van der Waals surface area contributed by atoms with Crippen LogP contribution in [0, 0.1) is 6.92 Å². The van der Waals surface area contributed by atoms with Gasteiger partial charge in [0.15, 0.2) is 0 Å². The van der Waals surface area contributed by atoms with Crippen LogP contribution >= 0.6 is 0 Å². The smallest absolute Gasteiger partial charge is 0.0543 e. The first-order valence-electron chi connectivity index (χ1n) is 4.82. The molecule has 0 radical (unpaired) electrons. The van der Waals surface area contributed by atoms with Gasteiger partial charge in [0.25, 0.3) is 0 Å². The molecule has 0 atom stereocenters. The number of aliphatic hydroxyl groups excluding tert-OH is 1. The Morgan fingerprint density at radius 3 is 2.69 bits per heavy atom. The highest BCUT2D eigenvalue weighted by Crippen LogP contribution is 2.42. The summed E-state index contributed by atoms with van der Waals surface area (Å²) >= 11 is 0. The first-order valence-corrected chi connectivity index (χ1v) is 4.82. The summed E-state index contributed by atoms with van der Waals surface area (Å²) in [4.78, 5) is 4.48. The second-order valence-corrected chi connectivity index (χ2v) is 3.96. The summed E-state index contributed by atoms with van der Waals surface area (Å²) in [6.45, 7) is 2.23. The van der Waals surface area contributed by atoms with Crippen LogP contribution in [0.5, 0.6) is 0 Å². The van der Waals surface area contributed by atoms with Crippen LogP contribution in [-0.4, -0.2) is 16.7 Å². The maximum absolute atomic E-state index is 9.34. The molecule has 1 saturated carbocycles.